The number of esters is 1. The highest BCUT2D eigenvalue weighted by atomic mass is 32.2. The third kappa shape index (κ3) is 5.41. The van der Waals surface area contributed by atoms with Gasteiger partial charge in [0.05, 0.1) is 10.5 Å². The van der Waals surface area contributed by atoms with Gasteiger partial charge in [0, 0.05) is 0 Å². The van der Waals surface area contributed by atoms with Crippen molar-refractivity contribution in [1.29, 1.82) is 0 Å². The van der Waals surface area contributed by atoms with Crippen LogP contribution in [-0.4, -0.2) is 33.3 Å². The third-order valence-electron chi connectivity index (χ3n) is 3.79. The fourth-order valence-electron chi connectivity index (χ4n) is 2.10. The number of rotatable bonds is 7. The van der Waals surface area contributed by atoms with E-state index < -0.39 is 52.1 Å². The second-order valence-corrected chi connectivity index (χ2v) is 7.55. The summed E-state index contributed by atoms with van der Waals surface area (Å²) >= 11 is 0. The molecule has 0 amide bonds. The van der Waals surface area contributed by atoms with Gasteiger partial charge >= 0.3 is 5.97 Å². The van der Waals surface area contributed by atoms with Crippen molar-refractivity contribution in [3.63, 3.8) is 0 Å². The van der Waals surface area contributed by atoms with Crippen LogP contribution in [0.2, 0.25) is 0 Å². The van der Waals surface area contributed by atoms with E-state index in [2.05, 4.69) is 9.46 Å². The number of Topliss-reactive ketones (excluding diaryl/α,β-unsaturated/α-hetero) is 1. The maximum atomic E-state index is 13.5. The minimum Gasteiger partial charge on any atom is -0.456 e. The number of carbonyl (C=O) groups excluding carboxylic acids is 2. The molecule has 0 fully saturated rings. The highest BCUT2D eigenvalue weighted by Gasteiger charge is 2.19. The van der Waals surface area contributed by atoms with Gasteiger partial charge in [-0.15, -0.1) is 0 Å². The number of sulfonamides is 1. The van der Waals surface area contributed by atoms with Crippen molar-refractivity contribution in [3.8, 4) is 0 Å². The number of ketones is 1. The zero-order chi connectivity index (χ0) is 20.2. The van der Waals surface area contributed by atoms with Gasteiger partial charge in [-0.25, -0.2) is 17.2 Å². The quantitative estimate of drug-likeness (QED) is 0.572. The van der Waals surface area contributed by atoms with E-state index in [1.54, 1.807) is 13.0 Å². The van der Waals surface area contributed by atoms with Crippen LogP contribution in [0.5, 0.6) is 0 Å². The molecule has 27 heavy (non-hydrogen) atoms. The third-order valence-corrected chi connectivity index (χ3v) is 5.19. The lowest BCUT2D eigenvalue weighted by Gasteiger charge is -2.09. The number of nitrogens with one attached hydrogen (secondary N) is 1. The minimum atomic E-state index is -3.94. The van der Waals surface area contributed by atoms with Crippen LogP contribution in [0.25, 0.3) is 0 Å². The molecule has 1 N–H and O–H groups in total. The van der Waals surface area contributed by atoms with E-state index in [0.29, 0.717) is 6.07 Å². The molecule has 0 unspecified atom stereocenters. The van der Waals surface area contributed by atoms with Crippen LogP contribution in [0.3, 0.4) is 0 Å². The summed E-state index contributed by atoms with van der Waals surface area (Å²) in [7, 11) is -3.94. The summed E-state index contributed by atoms with van der Waals surface area (Å²) in [6.07, 6.45) is 0. The van der Waals surface area contributed by atoms with Gasteiger partial charge < -0.3 is 4.74 Å². The van der Waals surface area contributed by atoms with Gasteiger partial charge in [0.1, 0.15) is 18.2 Å². The minimum absolute atomic E-state index is 0.0173. The highest BCUT2D eigenvalue weighted by Crippen LogP contribution is 2.14. The first-order valence-corrected chi connectivity index (χ1v) is 9.29. The SMILES string of the molecule is Cc1ccc(S(=O)(=O)NCC(=O)OCC(=O)c2cc(F)ccc2F)cc1C. The lowest BCUT2D eigenvalue weighted by molar-refractivity contribution is -0.141. The van der Waals surface area contributed by atoms with Crippen molar-refractivity contribution in [2.75, 3.05) is 13.2 Å². The molecule has 2 aromatic carbocycles. The molecule has 2 rings (SSSR count). The summed E-state index contributed by atoms with van der Waals surface area (Å²) in [5.74, 6) is -3.75. The van der Waals surface area contributed by atoms with Gasteiger partial charge in [-0.2, -0.15) is 4.72 Å². The second kappa shape index (κ2) is 8.36. The van der Waals surface area contributed by atoms with Crippen molar-refractivity contribution < 1.29 is 31.5 Å². The van der Waals surface area contributed by atoms with E-state index in [0.717, 1.165) is 23.3 Å². The number of aryl methyl sites for hydroxylation is 2. The Bertz CT molecular complexity index is 989. The van der Waals surface area contributed by atoms with Gasteiger partial charge in [-0.3, -0.25) is 9.59 Å². The standard InChI is InChI=1S/C18H17F2NO5S/c1-11-3-5-14(7-12(11)2)27(24,25)21-9-18(23)26-10-17(22)15-8-13(19)4-6-16(15)20/h3-8,21H,9-10H2,1-2H3. The molecule has 0 radical (unpaired) electrons. The number of benzene rings is 2. The van der Waals surface area contributed by atoms with Crippen LogP contribution >= 0.6 is 0 Å². The number of halogens is 2. The van der Waals surface area contributed by atoms with E-state index >= 15 is 0 Å². The van der Waals surface area contributed by atoms with Crippen LogP contribution in [0, 0.1) is 25.5 Å². The molecular formula is C18H17F2NO5S. The van der Waals surface area contributed by atoms with Crippen molar-refractivity contribution >= 4 is 21.8 Å². The Morgan fingerprint density at radius 1 is 1.04 bits per heavy atom. The second-order valence-electron chi connectivity index (χ2n) is 5.78. The largest absolute Gasteiger partial charge is 0.456 e. The molecule has 0 spiro atoms. The first kappa shape index (κ1) is 20.7. The zero-order valence-corrected chi connectivity index (χ0v) is 15.4. The Hall–Kier alpha value is -2.65. The average molecular weight is 397 g/mol. The Morgan fingerprint density at radius 3 is 2.41 bits per heavy atom. The Kier molecular flexibility index (Phi) is 6.40. The fraction of sp³-hybridized carbons (Fsp3) is 0.222. The molecule has 0 aliphatic carbocycles. The molecule has 0 bridgehead atoms. The topological polar surface area (TPSA) is 89.5 Å². The monoisotopic (exact) mass is 397 g/mol. The lowest BCUT2D eigenvalue weighted by Crippen LogP contribution is -2.31. The summed E-state index contributed by atoms with van der Waals surface area (Å²) in [5, 5.41) is 0. The van der Waals surface area contributed by atoms with Crippen LogP contribution in [-0.2, 0) is 19.6 Å². The molecule has 144 valence electrons. The van der Waals surface area contributed by atoms with E-state index in [1.807, 2.05) is 6.92 Å². The Morgan fingerprint density at radius 2 is 1.74 bits per heavy atom. The number of hydrogen-bond donors (Lipinski definition) is 1. The van der Waals surface area contributed by atoms with Crippen molar-refractivity contribution in [1.82, 2.24) is 4.72 Å². The smallest absolute Gasteiger partial charge is 0.321 e. The van der Waals surface area contributed by atoms with E-state index in [4.69, 9.17) is 0 Å². The first-order chi connectivity index (χ1) is 12.6. The van der Waals surface area contributed by atoms with Crippen LogP contribution in [0.15, 0.2) is 41.3 Å². The zero-order valence-electron chi connectivity index (χ0n) is 14.6. The summed E-state index contributed by atoms with van der Waals surface area (Å²) < 4.78 is 57.6. The predicted molar refractivity (Wildman–Crippen MR) is 92.8 cm³/mol. The predicted octanol–water partition coefficient (Wildman–Crippen LogP) is 2.29. The molecule has 0 saturated heterocycles. The normalized spacial score (nSPS) is 11.3. The van der Waals surface area contributed by atoms with Crippen molar-refractivity contribution in [3.05, 3.63) is 64.7 Å². The maximum Gasteiger partial charge on any atom is 0.321 e. The Balaban J connectivity index is 1.93. The van der Waals surface area contributed by atoms with Gasteiger partial charge in [0.25, 0.3) is 0 Å². The Labute approximate surface area is 155 Å². The number of carbonyl (C=O) groups is 2. The van der Waals surface area contributed by atoms with Gasteiger partial charge in [0.15, 0.2) is 6.61 Å². The van der Waals surface area contributed by atoms with Crippen LogP contribution in [0.4, 0.5) is 8.78 Å². The molecular weight excluding hydrogens is 380 g/mol. The summed E-state index contributed by atoms with van der Waals surface area (Å²) in [6, 6.07) is 6.80. The van der Waals surface area contributed by atoms with E-state index in [1.165, 1.54) is 12.1 Å². The molecule has 0 aliphatic heterocycles. The fourth-order valence-corrected chi connectivity index (χ4v) is 3.16. The van der Waals surface area contributed by atoms with E-state index in [9.17, 15) is 26.8 Å². The number of hydrogen-bond acceptors (Lipinski definition) is 5. The summed E-state index contributed by atoms with van der Waals surface area (Å²) in [6.45, 7) is 2.02. The van der Waals surface area contributed by atoms with Crippen LogP contribution < -0.4 is 4.72 Å². The van der Waals surface area contributed by atoms with E-state index in [-0.39, 0.29) is 4.90 Å². The molecule has 0 atom stereocenters. The summed E-state index contributed by atoms with van der Waals surface area (Å²) in [5.41, 5.74) is 1.12. The number of ether oxygens (including phenoxy) is 1. The lowest BCUT2D eigenvalue weighted by atomic mass is 10.1. The molecule has 0 aliphatic rings. The molecule has 0 aromatic heterocycles. The van der Waals surface area contributed by atoms with Gasteiger partial charge in [-0.05, 0) is 55.3 Å². The summed E-state index contributed by atoms with van der Waals surface area (Å²) in [4.78, 5) is 23.4. The molecule has 2 aromatic rings. The average Bonchev–Trinajstić information content (AvgIpc) is 2.62. The highest BCUT2D eigenvalue weighted by molar-refractivity contribution is 7.89. The maximum absolute atomic E-state index is 13.5. The van der Waals surface area contributed by atoms with Gasteiger partial charge in [0.2, 0.25) is 15.8 Å². The van der Waals surface area contributed by atoms with Crippen LogP contribution in [0.1, 0.15) is 21.5 Å². The molecule has 9 heteroatoms. The van der Waals surface area contributed by atoms with Crippen molar-refractivity contribution in [2.24, 2.45) is 0 Å². The molecule has 0 heterocycles. The van der Waals surface area contributed by atoms with Gasteiger partial charge in [-0.1, -0.05) is 6.07 Å². The first-order valence-electron chi connectivity index (χ1n) is 7.81. The molecule has 6 nitrogen and oxygen atoms in total. The van der Waals surface area contributed by atoms with Crippen molar-refractivity contribution in [2.45, 2.75) is 18.7 Å². The molecule has 0 saturated carbocycles.